The van der Waals surface area contributed by atoms with Gasteiger partial charge in [-0.1, -0.05) is 43.7 Å². The second kappa shape index (κ2) is 8.87. The van der Waals surface area contributed by atoms with Gasteiger partial charge in [-0.3, -0.25) is 4.90 Å². The van der Waals surface area contributed by atoms with Gasteiger partial charge in [-0.05, 0) is 43.5 Å². The first-order valence-electron chi connectivity index (χ1n) is 8.26. The summed E-state index contributed by atoms with van der Waals surface area (Å²) in [7, 11) is 0. The van der Waals surface area contributed by atoms with E-state index in [0.29, 0.717) is 6.42 Å². The van der Waals surface area contributed by atoms with Crippen molar-refractivity contribution in [1.82, 2.24) is 4.90 Å². The lowest BCUT2D eigenvalue weighted by molar-refractivity contribution is 0.131. The molecule has 0 aliphatic carbocycles. The largest absolute Gasteiger partial charge is 0.395 e. The number of hydrogen-bond acceptors (Lipinski definition) is 2. The van der Waals surface area contributed by atoms with E-state index in [2.05, 4.69) is 41.9 Å². The lowest BCUT2D eigenvalue weighted by Crippen LogP contribution is -2.38. The van der Waals surface area contributed by atoms with E-state index in [1.807, 2.05) is 6.07 Å². The molecule has 0 spiro atoms. The summed E-state index contributed by atoms with van der Waals surface area (Å²) in [6.07, 6.45) is 7.20. The molecule has 2 heteroatoms. The summed E-state index contributed by atoms with van der Waals surface area (Å²) in [6.45, 7) is 4.69. The lowest BCUT2D eigenvalue weighted by atomic mass is 9.97. The Balaban J connectivity index is 2.01. The summed E-state index contributed by atoms with van der Waals surface area (Å²) in [6, 6.07) is 9.30. The molecular weight excluding hydrogens is 258 g/mol. The van der Waals surface area contributed by atoms with Crippen molar-refractivity contribution in [2.45, 2.75) is 58.0 Å². The highest BCUT2D eigenvalue weighted by molar-refractivity contribution is 5.37. The monoisotopic (exact) mass is 285 g/mol. The van der Waals surface area contributed by atoms with Crippen LogP contribution in [0.15, 0.2) is 24.3 Å². The van der Waals surface area contributed by atoms with E-state index < -0.39 is 0 Å². The number of benzene rings is 1. The van der Waals surface area contributed by atoms with Gasteiger partial charge in [0.25, 0.3) is 0 Å². The number of aliphatic hydroxyl groups excluding tert-OH is 1. The number of aliphatic hydroxyl groups is 1. The molecule has 1 aromatic rings. The zero-order valence-corrected chi connectivity index (χ0v) is 13.1. The summed E-state index contributed by atoms with van der Waals surface area (Å²) in [5.41, 5.74) is 2.42. The van der Waals surface area contributed by atoms with Gasteiger partial charge >= 0.3 is 0 Å². The number of likely N-dealkylation sites (tertiary alicyclic amines) is 1. The minimum absolute atomic E-state index is 0.138. The van der Waals surface area contributed by atoms with Crippen molar-refractivity contribution >= 4 is 0 Å². The Morgan fingerprint density at radius 2 is 2.24 bits per heavy atom. The third-order valence-corrected chi connectivity index (χ3v) is 4.15. The van der Waals surface area contributed by atoms with E-state index >= 15 is 0 Å². The Labute approximate surface area is 129 Å². The topological polar surface area (TPSA) is 23.5 Å². The summed E-state index contributed by atoms with van der Waals surface area (Å²) < 4.78 is 0. The first-order valence-corrected chi connectivity index (χ1v) is 8.26. The molecule has 114 valence electrons. The third-order valence-electron chi connectivity index (χ3n) is 4.15. The van der Waals surface area contributed by atoms with Gasteiger partial charge in [-0.2, -0.15) is 0 Å². The Hall–Kier alpha value is -1.30. The van der Waals surface area contributed by atoms with Gasteiger partial charge in [0.1, 0.15) is 0 Å². The van der Waals surface area contributed by atoms with Crippen molar-refractivity contribution in [3.8, 4) is 11.8 Å². The van der Waals surface area contributed by atoms with Crippen LogP contribution < -0.4 is 0 Å². The SMILES string of the molecule is CCCC1CCCCN1Cc1cccc(C#CCCO)c1. The van der Waals surface area contributed by atoms with Crippen LogP contribution in [0.2, 0.25) is 0 Å². The second-order valence-electron chi connectivity index (χ2n) is 5.88. The maximum atomic E-state index is 8.79. The minimum Gasteiger partial charge on any atom is -0.395 e. The Morgan fingerprint density at radius 3 is 3.05 bits per heavy atom. The van der Waals surface area contributed by atoms with E-state index in [4.69, 9.17) is 5.11 Å². The fourth-order valence-corrected chi connectivity index (χ4v) is 3.13. The zero-order chi connectivity index (χ0) is 14.9. The van der Waals surface area contributed by atoms with Crippen molar-refractivity contribution in [3.05, 3.63) is 35.4 Å². The maximum Gasteiger partial charge on any atom is 0.0540 e. The van der Waals surface area contributed by atoms with Gasteiger partial charge in [-0.15, -0.1) is 0 Å². The number of rotatable bonds is 5. The van der Waals surface area contributed by atoms with Crippen LogP contribution in [0.3, 0.4) is 0 Å². The van der Waals surface area contributed by atoms with E-state index in [1.54, 1.807) is 0 Å². The molecule has 21 heavy (non-hydrogen) atoms. The predicted octanol–water partition coefficient (Wildman–Crippen LogP) is 3.58. The van der Waals surface area contributed by atoms with E-state index in [1.165, 1.54) is 44.2 Å². The minimum atomic E-state index is 0.138. The number of nitrogens with zero attached hydrogens (tertiary/aromatic N) is 1. The van der Waals surface area contributed by atoms with Crippen LogP contribution in [0, 0.1) is 11.8 Å². The van der Waals surface area contributed by atoms with Gasteiger partial charge in [0.15, 0.2) is 0 Å². The molecule has 1 aromatic carbocycles. The van der Waals surface area contributed by atoms with Gasteiger partial charge < -0.3 is 5.11 Å². The van der Waals surface area contributed by atoms with Crippen LogP contribution in [-0.2, 0) is 6.54 Å². The third kappa shape index (κ3) is 5.19. The van der Waals surface area contributed by atoms with E-state index in [0.717, 1.165) is 18.2 Å². The highest BCUT2D eigenvalue weighted by Crippen LogP contribution is 2.23. The quantitative estimate of drug-likeness (QED) is 0.836. The summed E-state index contributed by atoms with van der Waals surface area (Å²) in [4.78, 5) is 2.65. The highest BCUT2D eigenvalue weighted by atomic mass is 16.2. The molecule has 1 unspecified atom stereocenters. The van der Waals surface area contributed by atoms with Crippen LogP contribution in [0.25, 0.3) is 0 Å². The molecule has 1 saturated heterocycles. The molecule has 0 bridgehead atoms. The second-order valence-corrected chi connectivity index (χ2v) is 5.88. The average Bonchev–Trinajstić information content (AvgIpc) is 2.50. The van der Waals surface area contributed by atoms with Crippen molar-refractivity contribution in [3.63, 3.8) is 0 Å². The Morgan fingerprint density at radius 1 is 1.33 bits per heavy atom. The molecule has 0 radical (unpaired) electrons. The first kappa shape index (κ1) is 16.1. The van der Waals surface area contributed by atoms with Crippen molar-refractivity contribution in [1.29, 1.82) is 0 Å². The molecule has 0 saturated carbocycles. The molecule has 1 aliphatic heterocycles. The fraction of sp³-hybridized carbons (Fsp3) is 0.579. The van der Waals surface area contributed by atoms with Gasteiger partial charge in [-0.25, -0.2) is 0 Å². The summed E-state index contributed by atoms with van der Waals surface area (Å²) in [5.74, 6) is 6.13. The number of piperidine rings is 1. The molecule has 0 aromatic heterocycles. The molecule has 1 aliphatic rings. The molecule has 1 N–H and O–H groups in total. The predicted molar refractivity (Wildman–Crippen MR) is 88.0 cm³/mol. The summed E-state index contributed by atoms with van der Waals surface area (Å²) in [5, 5.41) is 8.79. The van der Waals surface area contributed by atoms with Crippen molar-refractivity contribution < 1.29 is 5.11 Å². The molecule has 2 nitrogen and oxygen atoms in total. The smallest absolute Gasteiger partial charge is 0.0540 e. The highest BCUT2D eigenvalue weighted by Gasteiger charge is 2.21. The standard InChI is InChI=1S/C19H27NO/c1-2-8-19-12-3-5-13-20(19)16-18-11-7-10-17(15-18)9-4-6-14-21/h7,10-11,15,19,21H,2-3,5-6,8,12-14,16H2,1H3. The fourth-order valence-electron chi connectivity index (χ4n) is 3.13. The molecule has 1 heterocycles. The molecule has 1 atom stereocenters. The first-order chi connectivity index (χ1) is 10.3. The molecule has 0 amide bonds. The summed E-state index contributed by atoms with van der Waals surface area (Å²) >= 11 is 0. The van der Waals surface area contributed by atoms with Crippen molar-refractivity contribution in [2.75, 3.05) is 13.2 Å². The van der Waals surface area contributed by atoms with Crippen LogP contribution in [0.1, 0.15) is 56.6 Å². The van der Waals surface area contributed by atoms with Crippen molar-refractivity contribution in [2.24, 2.45) is 0 Å². The zero-order valence-electron chi connectivity index (χ0n) is 13.1. The van der Waals surface area contributed by atoms with Gasteiger partial charge in [0.2, 0.25) is 0 Å². The molecular formula is C19H27NO. The number of hydrogen-bond donors (Lipinski definition) is 1. The van der Waals surface area contributed by atoms with Gasteiger partial charge in [0.05, 0.1) is 6.61 Å². The van der Waals surface area contributed by atoms with Crippen LogP contribution >= 0.6 is 0 Å². The Bertz CT molecular complexity index is 484. The van der Waals surface area contributed by atoms with Crippen LogP contribution in [0.5, 0.6) is 0 Å². The van der Waals surface area contributed by atoms with Crippen LogP contribution in [0.4, 0.5) is 0 Å². The maximum absolute atomic E-state index is 8.79. The lowest BCUT2D eigenvalue weighted by Gasteiger charge is -2.35. The van der Waals surface area contributed by atoms with E-state index in [9.17, 15) is 0 Å². The normalized spacial score (nSPS) is 19.0. The average molecular weight is 285 g/mol. The Kier molecular flexibility index (Phi) is 6.79. The van der Waals surface area contributed by atoms with E-state index in [-0.39, 0.29) is 6.61 Å². The molecule has 1 fully saturated rings. The van der Waals surface area contributed by atoms with Gasteiger partial charge in [0, 0.05) is 24.6 Å². The van der Waals surface area contributed by atoms with Crippen LogP contribution in [-0.4, -0.2) is 29.2 Å². The molecule has 2 rings (SSSR count).